The Kier molecular flexibility index (Phi) is 5.25. The third-order valence-electron chi connectivity index (χ3n) is 2.95. The summed E-state index contributed by atoms with van der Waals surface area (Å²) in [6, 6.07) is 6.16. The van der Waals surface area contributed by atoms with Crippen LogP contribution in [0.4, 0.5) is 14.5 Å². The molecule has 1 heterocycles. The van der Waals surface area contributed by atoms with Crippen LogP contribution < -0.4 is 15.4 Å². The Hall–Kier alpha value is -1.73. The monoisotopic (exact) mass is 285 g/mol. The molecule has 1 aromatic rings. The number of hydrogen-bond donors (Lipinski definition) is 2. The second-order valence-corrected chi connectivity index (χ2v) is 4.45. The van der Waals surface area contributed by atoms with Crippen molar-refractivity contribution in [3.63, 3.8) is 0 Å². The Balaban J connectivity index is 1.93. The van der Waals surface area contributed by atoms with Gasteiger partial charge in [-0.2, -0.15) is 8.78 Å². The minimum absolute atomic E-state index is 0.0313. The molecule has 0 saturated carbocycles. The van der Waals surface area contributed by atoms with Gasteiger partial charge in [-0.1, -0.05) is 12.1 Å². The van der Waals surface area contributed by atoms with Gasteiger partial charge in [0.2, 0.25) is 5.91 Å². The van der Waals surface area contributed by atoms with Crippen molar-refractivity contribution < 1.29 is 18.3 Å². The molecule has 0 spiro atoms. The third-order valence-corrected chi connectivity index (χ3v) is 2.95. The smallest absolute Gasteiger partial charge is 0.387 e. The van der Waals surface area contributed by atoms with E-state index in [4.69, 9.17) is 0 Å². The number of carbonyl (C=O) groups is 1. The van der Waals surface area contributed by atoms with Gasteiger partial charge in [-0.3, -0.25) is 9.69 Å². The SMILES string of the molecule is O=C(CN1CCNCC1)Nc1ccccc1OC(F)F. The molecule has 7 heteroatoms. The molecule has 1 aromatic carbocycles. The zero-order valence-corrected chi connectivity index (χ0v) is 10.9. The average molecular weight is 285 g/mol. The number of piperazine rings is 1. The van der Waals surface area contributed by atoms with Gasteiger partial charge in [-0.05, 0) is 12.1 Å². The minimum atomic E-state index is -2.92. The largest absolute Gasteiger partial charge is 0.433 e. The Bertz CT molecular complexity index is 451. The van der Waals surface area contributed by atoms with Crippen molar-refractivity contribution in [2.45, 2.75) is 6.61 Å². The number of rotatable bonds is 5. The van der Waals surface area contributed by atoms with Crippen molar-refractivity contribution in [1.82, 2.24) is 10.2 Å². The summed E-state index contributed by atoms with van der Waals surface area (Å²) in [5, 5.41) is 5.80. The van der Waals surface area contributed by atoms with Crippen LogP contribution in [0, 0.1) is 0 Å². The van der Waals surface area contributed by atoms with Crippen LogP contribution >= 0.6 is 0 Å². The van der Waals surface area contributed by atoms with Crippen molar-refractivity contribution in [3.8, 4) is 5.75 Å². The van der Waals surface area contributed by atoms with Crippen LogP contribution in [-0.2, 0) is 4.79 Å². The number of nitrogens with zero attached hydrogens (tertiary/aromatic N) is 1. The van der Waals surface area contributed by atoms with Gasteiger partial charge in [0, 0.05) is 26.2 Å². The van der Waals surface area contributed by atoms with E-state index in [2.05, 4.69) is 15.4 Å². The molecule has 0 aromatic heterocycles. The maximum absolute atomic E-state index is 12.3. The quantitative estimate of drug-likeness (QED) is 0.851. The number of hydrogen-bond acceptors (Lipinski definition) is 4. The topological polar surface area (TPSA) is 53.6 Å². The van der Waals surface area contributed by atoms with E-state index in [0.29, 0.717) is 0 Å². The highest BCUT2D eigenvalue weighted by Gasteiger charge is 2.15. The predicted molar refractivity (Wildman–Crippen MR) is 71.0 cm³/mol. The molecule has 1 amide bonds. The molecule has 0 aliphatic carbocycles. The fraction of sp³-hybridized carbons (Fsp3) is 0.462. The number of ether oxygens (including phenoxy) is 1. The summed E-state index contributed by atoms with van der Waals surface area (Å²) < 4.78 is 28.9. The number of alkyl halides is 2. The fourth-order valence-electron chi connectivity index (χ4n) is 2.03. The lowest BCUT2D eigenvalue weighted by atomic mass is 10.3. The molecule has 20 heavy (non-hydrogen) atoms. The number of halogens is 2. The standard InChI is InChI=1S/C13H17F2N3O2/c14-13(15)20-11-4-2-1-3-10(11)17-12(19)9-18-7-5-16-6-8-18/h1-4,13,16H,5-9H2,(H,17,19). The summed E-state index contributed by atoms with van der Waals surface area (Å²) in [5.41, 5.74) is 0.257. The zero-order chi connectivity index (χ0) is 14.4. The highest BCUT2D eigenvalue weighted by Crippen LogP contribution is 2.25. The number of anilines is 1. The first kappa shape index (κ1) is 14.7. The molecule has 1 saturated heterocycles. The third kappa shape index (κ3) is 4.43. The Morgan fingerprint density at radius 1 is 1.35 bits per heavy atom. The van der Waals surface area contributed by atoms with E-state index >= 15 is 0 Å². The van der Waals surface area contributed by atoms with Crippen molar-refractivity contribution in [3.05, 3.63) is 24.3 Å². The summed E-state index contributed by atoms with van der Waals surface area (Å²) in [5.74, 6) is -0.270. The Morgan fingerprint density at radius 2 is 2.05 bits per heavy atom. The Morgan fingerprint density at radius 3 is 2.75 bits per heavy atom. The molecule has 0 bridgehead atoms. The van der Waals surface area contributed by atoms with Gasteiger partial charge in [0.05, 0.1) is 12.2 Å². The lowest BCUT2D eigenvalue weighted by Crippen LogP contribution is -2.46. The van der Waals surface area contributed by atoms with E-state index in [1.54, 1.807) is 12.1 Å². The van der Waals surface area contributed by atoms with Crippen molar-refractivity contribution in [2.24, 2.45) is 0 Å². The van der Waals surface area contributed by atoms with E-state index in [1.807, 2.05) is 4.90 Å². The second-order valence-electron chi connectivity index (χ2n) is 4.45. The van der Waals surface area contributed by atoms with E-state index in [0.717, 1.165) is 26.2 Å². The molecular formula is C13H17F2N3O2. The highest BCUT2D eigenvalue weighted by atomic mass is 19.3. The summed E-state index contributed by atoms with van der Waals surface area (Å²) in [4.78, 5) is 13.9. The van der Waals surface area contributed by atoms with E-state index in [1.165, 1.54) is 12.1 Å². The maximum Gasteiger partial charge on any atom is 0.387 e. The predicted octanol–water partition coefficient (Wildman–Crippen LogP) is 1.13. The van der Waals surface area contributed by atoms with E-state index in [-0.39, 0.29) is 23.9 Å². The van der Waals surface area contributed by atoms with Gasteiger partial charge in [0.25, 0.3) is 0 Å². The number of nitrogens with one attached hydrogen (secondary N) is 2. The first-order valence-corrected chi connectivity index (χ1v) is 6.42. The summed E-state index contributed by atoms with van der Waals surface area (Å²) in [6.45, 7) is 0.605. The van der Waals surface area contributed by atoms with Gasteiger partial charge in [-0.25, -0.2) is 0 Å². The normalized spacial score (nSPS) is 16.1. The Labute approximate surface area is 115 Å². The number of amides is 1. The molecule has 5 nitrogen and oxygen atoms in total. The highest BCUT2D eigenvalue weighted by molar-refractivity contribution is 5.93. The molecule has 2 rings (SSSR count). The van der Waals surface area contributed by atoms with Crippen LogP contribution in [0.15, 0.2) is 24.3 Å². The molecule has 0 atom stereocenters. The van der Waals surface area contributed by atoms with Crippen molar-refractivity contribution in [2.75, 3.05) is 38.0 Å². The van der Waals surface area contributed by atoms with Crippen LogP contribution in [0.3, 0.4) is 0 Å². The first-order chi connectivity index (χ1) is 9.65. The molecule has 0 radical (unpaired) electrons. The van der Waals surface area contributed by atoms with E-state index < -0.39 is 6.61 Å². The van der Waals surface area contributed by atoms with Crippen LogP contribution in [0.2, 0.25) is 0 Å². The lowest BCUT2D eigenvalue weighted by molar-refractivity contribution is -0.117. The number of para-hydroxylation sites is 2. The second kappa shape index (κ2) is 7.16. The van der Waals surface area contributed by atoms with Crippen LogP contribution in [0.1, 0.15) is 0 Å². The lowest BCUT2D eigenvalue weighted by Gasteiger charge is -2.26. The fourth-order valence-corrected chi connectivity index (χ4v) is 2.03. The molecule has 1 aliphatic rings. The summed E-state index contributed by atoms with van der Waals surface area (Å²) in [7, 11) is 0. The summed E-state index contributed by atoms with van der Waals surface area (Å²) in [6.07, 6.45) is 0. The first-order valence-electron chi connectivity index (χ1n) is 6.42. The van der Waals surface area contributed by atoms with Crippen LogP contribution in [0.5, 0.6) is 5.75 Å². The van der Waals surface area contributed by atoms with Gasteiger partial charge in [0.15, 0.2) is 0 Å². The van der Waals surface area contributed by atoms with Gasteiger partial charge < -0.3 is 15.4 Å². The van der Waals surface area contributed by atoms with Gasteiger partial charge in [0.1, 0.15) is 5.75 Å². The van der Waals surface area contributed by atoms with Crippen molar-refractivity contribution >= 4 is 11.6 Å². The molecular weight excluding hydrogens is 268 g/mol. The molecule has 1 fully saturated rings. The average Bonchev–Trinajstić information content (AvgIpc) is 2.41. The molecule has 0 unspecified atom stereocenters. The summed E-state index contributed by atoms with van der Waals surface area (Å²) >= 11 is 0. The number of benzene rings is 1. The van der Waals surface area contributed by atoms with Crippen LogP contribution in [-0.4, -0.2) is 50.1 Å². The molecule has 110 valence electrons. The molecule has 1 aliphatic heterocycles. The molecule has 2 N–H and O–H groups in total. The minimum Gasteiger partial charge on any atom is -0.433 e. The van der Waals surface area contributed by atoms with E-state index in [9.17, 15) is 13.6 Å². The zero-order valence-electron chi connectivity index (χ0n) is 10.9. The maximum atomic E-state index is 12.3. The van der Waals surface area contributed by atoms with Gasteiger partial charge >= 0.3 is 6.61 Å². The van der Waals surface area contributed by atoms with Gasteiger partial charge in [-0.15, -0.1) is 0 Å². The van der Waals surface area contributed by atoms with Crippen molar-refractivity contribution in [1.29, 1.82) is 0 Å². The van der Waals surface area contributed by atoms with Crippen LogP contribution in [0.25, 0.3) is 0 Å². The number of carbonyl (C=O) groups excluding carboxylic acids is 1.